The molecule has 0 spiro atoms. The molecule has 0 atom stereocenters. The van der Waals surface area contributed by atoms with Gasteiger partial charge in [-0.1, -0.05) is 46.3 Å². The Morgan fingerprint density at radius 3 is 2.53 bits per heavy atom. The van der Waals surface area contributed by atoms with Crippen molar-refractivity contribution in [1.82, 2.24) is 0 Å². The molecule has 0 unspecified atom stereocenters. The fourth-order valence-corrected chi connectivity index (χ4v) is 1.96. The molecule has 2 aromatic carbocycles. The van der Waals surface area contributed by atoms with E-state index in [4.69, 9.17) is 0 Å². The molecule has 2 aromatic rings. The zero-order valence-corrected chi connectivity index (χ0v) is 10.6. The van der Waals surface area contributed by atoms with Crippen LogP contribution in [0.5, 0.6) is 0 Å². The molecule has 0 amide bonds. The van der Waals surface area contributed by atoms with Gasteiger partial charge < -0.3 is 0 Å². The second kappa shape index (κ2) is 5.23. The summed E-state index contributed by atoms with van der Waals surface area (Å²) in [5.74, 6) is -0.346. The minimum Gasteiger partial charge on any atom is -0.294 e. The van der Waals surface area contributed by atoms with Gasteiger partial charge in [-0.15, -0.1) is 0 Å². The van der Waals surface area contributed by atoms with Crippen LogP contribution in [0.2, 0.25) is 0 Å². The van der Waals surface area contributed by atoms with Crippen molar-refractivity contribution in [3.05, 3.63) is 69.9 Å². The Kier molecular flexibility index (Phi) is 3.69. The highest BCUT2D eigenvalue weighted by molar-refractivity contribution is 9.10. The molecule has 0 saturated heterocycles. The van der Waals surface area contributed by atoms with Crippen molar-refractivity contribution >= 4 is 21.7 Å². The maximum atomic E-state index is 13.1. The van der Waals surface area contributed by atoms with Crippen molar-refractivity contribution < 1.29 is 9.18 Å². The van der Waals surface area contributed by atoms with Gasteiger partial charge in [-0.3, -0.25) is 4.79 Å². The third-order valence-corrected chi connectivity index (χ3v) is 3.23. The average molecular weight is 293 g/mol. The van der Waals surface area contributed by atoms with Crippen molar-refractivity contribution in [2.45, 2.75) is 6.42 Å². The maximum Gasteiger partial charge on any atom is 0.167 e. The molecule has 0 heterocycles. The van der Waals surface area contributed by atoms with Crippen LogP contribution < -0.4 is 0 Å². The van der Waals surface area contributed by atoms with Gasteiger partial charge in [0, 0.05) is 16.5 Å². The number of rotatable bonds is 3. The van der Waals surface area contributed by atoms with Gasteiger partial charge in [0.2, 0.25) is 0 Å². The SMILES string of the molecule is O=C(Cc1cc(F)ccc1Br)c1ccccc1. The second-order valence-corrected chi connectivity index (χ2v) is 4.56. The smallest absolute Gasteiger partial charge is 0.167 e. The number of benzene rings is 2. The lowest BCUT2D eigenvalue weighted by molar-refractivity contribution is 0.0993. The van der Waals surface area contributed by atoms with Crippen LogP contribution in [-0.4, -0.2) is 5.78 Å². The van der Waals surface area contributed by atoms with Crippen LogP contribution in [0.3, 0.4) is 0 Å². The van der Waals surface area contributed by atoms with Gasteiger partial charge >= 0.3 is 0 Å². The first-order chi connectivity index (χ1) is 8.16. The largest absolute Gasteiger partial charge is 0.294 e. The Labute approximate surface area is 107 Å². The highest BCUT2D eigenvalue weighted by atomic mass is 79.9. The molecule has 0 saturated carbocycles. The summed E-state index contributed by atoms with van der Waals surface area (Å²) in [7, 11) is 0. The Morgan fingerprint density at radius 1 is 1.12 bits per heavy atom. The molecule has 2 rings (SSSR count). The van der Waals surface area contributed by atoms with E-state index in [2.05, 4.69) is 15.9 Å². The van der Waals surface area contributed by atoms with Gasteiger partial charge in [0.15, 0.2) is 5.78 Å². The normalized spacial score (nSPS) is 10.2. The van der Waals surface area contributed by atoms with Gasteiger partial charge in [0.1, 0.15) is 5.82 Å². The minimum absolute atomic E-state index is 0.0168. The van der Waals surface area contributed by atoms with E-state index in [1.165, 1.54) is 12.1 Å². The highest BCUT2D eigenvalue weighted by Crippen LogP contribution is 2.19. The number of carbonyl (C=O) groups is 1. The summed E-state index contributed by atoms with van der Waals surface area (Å²) in [6.45, 7) is 0. The predicted octanol–water partition coefficient (Wildman–Crippen LogP) is 4.01. The molecule has 0 N–H and O–H groups in total. The molecule has 1 nitrogen and oxygen atoms in total. The van der Waals surface area contributed by atoms with Crippen LogP contribution in [0.1, 0.15) is 15.9 Å². The number of hydrogen-bond acceptors (Lipinski definition) is 1. The standard InChI is InChI=1S/C14H10BrFO/c15-13-7-6-12(16)8-11(13)9-14(17)10-4-2-1-3-5-10/h1-8H,9H2. The van der Waals surface area contributed by atoms with Crippen molar-refractivity contribution in [2.75, 3.05) is 0 Å². The predicted molar refractivity (Wildman–Crippen MR) is 68.6 cm³/mol. The Balaban J connectivity index is 2.22. The van der Waals surface area contributed by atoms with Crippen LogP contribution in [0.15, 0.2) is 53.0 Å². The molecule has 0 aliphatic rings. The van der Waals surface area contributed by atoms with E-state index in [9.17, 15) is 9.18 Å². The summed E-state index contributed by atoms with van der Waals surface area (Å²) in [5.41, 5.74) is 1.31. The molecule has 17 heavy (non-hydrogen) atoms. The van der Waals surface area contributed by atoms with E-state index >= 15 is 0 Å². The molecule has 0 radical (unpaired) electrons. The fraction of sp³-hybridized carbons (Fsp3) is 0.0714. The molecular formula is C14H10BrFO. The van der Waals surface area contributed by atoms with Crippen LogP contribution in [0.4, 0.5) is 4.39 Å². The molecule has 0 aliphatic heterocycles. The molecular weight excluding hydrogens is 283 g/mol. The summed E-state index contributed by atoms with van der Waals surface area (Å²) in [4.78, 5) is 11.9. The first kappa shape index (κ1) is 12.0. The van der Waals surface area contributed by atoms with Gasteiger partial charge in [0.05, 0.1) is 0 Å². The summed E-state index contributed by atoms with van der Waals surface area (Å²) >= 11 is 3.31. The molecule has 86 valence electrons. The summed E-state index contributed by atoms with van der Waals surface area (Å²) < 4.78 is 13.8. The quantitative estimate of drug-likeness (QED) is 0.781. The van der Waals surface area contributed by atoms with Gasteiger partial charge in [-0.2, -0.15) is 0 Å². The van der Waals surface area contributed by atoms with Crippen molar-refractivity contribution in [3.63, 3.8) is 0 Å². The van der Waals surface area contributed by atoms with E-state index in [1.807, 2.05) is 18.2 Å². The minimum atomic E-state index is -0.330. The average Bonchev–Trinajstić information content (AvgIpc) is 2.35. The lowest BCUT2D eigenvalue weighted by Crippen LogP contribution is -2.04. The number of carbonyl (C=O) groups excluding carboxylic acids is 1. The van der Waals surface area contributed by atoms with Crippen LogP contribution in [0, 0.1) is 5.82 Å². The van der Waals surface area contributed by atoms with Gasteiger partial charge in [-0.25, -0.2) is 4.39 Å². The van der Waals surface area contributed by atoms with Crippen molar-refractivity contribution in [2.24, 2.45) is 0 Å². The van der Waals surface area contributed by atoms with E-state index < -0.39 is 0 Å². The Bertz CT molecular complexity index is 537. The third-order valence-electron chi connectivity index (χ3n) is 2.45. The second-order valence-electron chi connectivity index (χ2n) is 3.70. The molecule has 0 bridgehead atoms. The molecule has 3 heteroatoms. The topological polar surface area (TPSA) is 17.1 Å². The van der Waals surface area contributed by atoms with Crippen molar-refractivity contribution in [1.29, 1.82) is 0 Å². The lowest BCUT2D eigenvalue weighted by Gasteiger charge is -2.04. The Hall–Kier alpha value is -1.48. The van der Waals surface area contributed by atoms with E-state index in [0.717, 1.165) is 4.47 Å². The molecule has 0 aliphatic carbocycles. The summed E-state index contributed by atoms with van der Waals surface area (Å²) in [5, 5.41) is 0. The first-order valence-electron chi connectivity index (χ1n) is 5.19. The van der Waals surface area contributed by atoms with Crippen molar-refractivity contribution in [3.8, 4) is 0 Å². The Morgan fingerprint density at radius 2 is 1.82 bits per heavy atom. The van der Waals surface area contributed by atoms with E-state index in [0.29, 0.717) is 11.1 Å². The van der Waals surface area contributed by atoms with Crippen LogP contribution in [-0.2, 0) is 6.42 Å². The number of hydrogen-bond donors (Lipinski definition) is 0. The number of halogens is 2. The third kappa shape index (κ3) is 3.01. The fourth-order valence-electron chi connectivity index (χ4n) is 1.58. The number of ketones is 1. The molecule has 0 aromatic heterocycles. The van der Waals surface area contributed by atoms with E-state index in [-0.39, 0.29) is 18.0 Å². The zero-order valence-electron chi connectivity index (χ0n) is 8.99. The molecule has 0 fully saturated rings. The maximum absolute atomic E-state index is 13.1. The van der Waals surface area contributed by atoms with Gasteiger partial charge in [0.25, 0.3) is 0 Å². The number of Topliss-reactive ketones (excluding diaryl/α,β-unsaturated/α-hetero) is 1. The van der Waals surface area contributed by atoms with Crippen LogP contribution >= 0.6 is 15.9 Å². The van der Waals surface area contributed by atoms with E-state index in [1.54, 1.807) is 18.2 Å². The van der Waals surface area contributed by atoms with Gasteiger partial charge in [-0.05, 0) is 23.8 Å². The summed E-state index contributed by atoms with van der Waals surface area (Å²) in [6, 6.07) is 13.4. The monoisotopic (exact) mass is 292 g/mol. The summed E-state index contributed by atoms with van der Waals surface area (Å²) in [6.07, 6.45) is 0.197. The lowest BCUT2D eigenvalue weighted by atomic mass is 10.0. The highest BCUT2D eigenvalue weighted by Gasteiger charge is 2.09. The first-order valence-corrected chi connectivity index (χ1v) is 5.98. The van der Waals surface area contributed by atoms with Crippen LogP contribution in [0.25, 0.3) is 0 Å². The zero-order chi connectivity index (χ0) is 12.3.